The molecule has 1 heterocycles. The minimum Gasteiger partial charge on any atom is -0.493 e. The molecule has 1 atom stereocenters. The van der Waals surface area contributed by atoms with Gasteiger partial charge in [0.15, 0.2) is 11.5 Å². The second kappa shape index (κ2) is 7.24. The summed E-state index contributed by atoms with van der Waals surface area (Å²) >= 11 is 0. The second-order valence-corrected chi connectivity index (χ2v) is 4.94. The minimum atomic E-state index is 0.479. The van der Waals surface area contributed by atoms with Gasteiger partial charge in [-0.3, -0.25) is 0 Å². The molecule has 20 heavy (non-hydrogen) atoms. The van der Waals surface area contributed by atoms with E-state index in [2.05, 4.69) is 10.6 Å². The first-order valence-corrected chi connectivity index (χ1v) is 7.05. The van der Waals surface area contributed by atoms with Crippen molar-refractivity contribution in [2.24, 2.45) is 0 Å². The molecular formula is C15H24N2O3. The van der Waals surface area contributed by atoms with E-state index in [4.69, 9.17) is 14.2 Å². The summed E-state index contributed by atoms with van der Waals surface area (Å²) < 4.78 is 16.1. The zero-order valence-electron chi connectivity index (χ0n) is 12.5. The average Bonchev–Trinajstić information content (AvgIpc) is 2.74. The van der Waals surface area contributed by atoms with E-state index in [1.54, 1.807) is 21.3 Å². The SMILES string of the molecule is COc1cc(NC2CCCNCC2)cc(OC)c1OC. The first-order valence-electron chi connectivity index (χ1n) is 7.05. The van der Waals surface area contributed by atoms with Crippen LogP contribution in [0.25, 0.3) is 0 Å². The molecule has 1 aromatic rings. The fraction of sp³-hybridized carbons (Fsp3) is 0.600. The highest BCUT2D eigenvalue weighted by Gasteiger charge is 2.16. The van der Waals surface area contributed by atoms with Gasteiger partial charge in [0.05, 0.1) is 21.3 Å². The van der Waals surface area contributed by atoms with E-state index in [0.717, 1.165) is 25.2 Å². The summed E-state index contributed by atoms with van der Waals surface area (Å²) in [6.07, 6.45) is 3.49. The van der Waals surface area contributed by atoms with Gasteiger partial charge in [0.2, 0.25) is 5.75 Å². The van der Waals surface area contributed by atoms with Crippen molar-refractivity contribution in [1.82, 2.24) is 5.32 Å². The lowest BCUT2D eigenvalue weighted by molar-refractivity contribution is 0.324. The van der Waals surface area contributed by atoms with Gasteiger partial charge < -0.3 is 24.8 Å². The summed E-state index contributed by atoms with van der Waals surface area (Å²) in [5.74, 6) is 1.99. The zero-order chi connectivity index (χ0) is 14.4. The number of rotatable bonds is 5. The van der Waals surface area contributed by atoms with Crippen molar-refractivity contribution in [2.75, 3.05) is 39.7 Å². The topological polar surface area (TPSA) is 51.8 Å². The van der Waals surface area contributed by atoms with Gasteiger partial charge >= 0.3 is 0 Å². The van der Waals surface area contributed by atoms with Crippen molar-refractivity contribution in [2.45, 2.75) is 25.3 Å². The van der Waals surface area contributed by atoms with E-state index >= 15 is 0 Å². The number of anilines is 1. The minimum absolute atomic E-state index is 0.479. The Morgan fingerprint density at radius 2 is 1.70 bits per heavy atom. The molecule has 0 bridgehead atoms. The molecule has 1 unspecified atom stereocenters. The van der Waals surface area contributed by atoms with Crippen LogP contribution in [-0.4, -0.2) is 40.5 Å². The predicted molar refractivity (Wildman–Crippen MR) is 80.2 cm³/mol. The van der Waals surface area contributed by atoms with Gasteiger partial charge in [-0.1, -0.05) is 0 Å². The monoisotopic (exact) mass is 280 g/mol. The maximum Gasteiger partial charge on any atom is 0.203 e. The number of benzene rings is 1. The van der Waals surface area contributed by atoms with Crippen LogP contribution in [0.5, 0.6) is 17.2 Å². The molecule has 0 radical (unpaired) electrons. The van der Waals surface area contributed by atoms with E-state index in [0.29, 0.717) is 23.3 Å². The number of methoxy groups -OCH3 is 3. The molecule has 1 aromatic carbocycles. The molecule has 5 nitrogen and oxygen atoms in total. The summed E-state index contributed by atoms with van der Waals surface area (Å²) in [5, 5.41) is 6.98. The number of hydrogen-bond acceptors (Lipinski definition) is 5. The third kappa shape index (κ3) is 3.48. The van der Waals surface area contributed by atoms with Crippen molar-refractivity contribution in [3.8, 4) is 17.2 Å². The van der Waals surface area contributed by atoms with Crippen LogP contribution in [0.15, 0.2) is 12.1 Å². The van der Waals surface area contributed by atoms with Crippen molar-refractivity contribution >= 4 is 5.69 Å². The van der Waals surface area contributed by atoms with Crippen LogP contribution in [-0.2, 0) is 0 Å². The van der Waals surface area contributed by atoms with E-state index < -0.39 is 0 Å². The number of hydrogen-bond donors (Lipinski definition) is 2. The summed E-state index contributed by atoms with van der Waals surface area (Å²) in [4.78, 5) is 0. The second-order valence-electron chi connectivity index (χ2n) is 4.94. The lowest BCUT2D eigenvalue weighted by Crippen LogP contribution is -2.21. The van der Waals surface area contributed by atoms with Crippen LogP contribution in [0, 0.1) is 0 Å². The van der Waals surface area contributed by atoms with E-state index in [9.17, 15) is 0 Å². The fourth-order valence-corrected chi connectivity index (χ4v) is 2.56. The molecule has 1 saturated heterocycles. The van der Waals surface area contributed by atoms with Gasteiger partial charge in [0, 0.05) is 23.9 Å². The third-order valence-corrected chi connectivity index (χ3v) is 3.61. The zero-order valence-corrected chi connectivity index (χ0v) is 12.5. The Balaban J connectivity index is 2.18. The molecule has 0 spiro atoms. The van der Waals surface area contributed by atoms with Crippen molar-refractivity contribution in [3.63, 3.8) is 0 Å². The summed E-state index contributed by atoms with van der Waals surface area (Å²) in [5.41, 5.74) is 1.01. The van der Waals surface area contributed by atoms with Crippen LogP contribution < -0.4 is 24.8 Å². The molecule has 1 fully saturated rings. The highest BCUT2D eigenvalue weighted by Crippen LogP contribution is 2.40. The Morgan fingerprint density at radius 3 is 2.30 bits per heavy atom. The maximum absolute atomic E-state index is 5.38. The average molecular weight is 280 g/mol. The van der Waals surface area contributed by atoms with Gasteiger partial charge in [-0.2, -0.15) is 0 Å². The Bertz CT molecular complexity index is 404. The highest BCUT2D eigenvalue weighted by atomic mass is 16.5. The Hall–Kier alpha value is -1.62. The van der Waals surface area contributed by atoms with E-state index in [-0.39, 0.29) is 0 Å². The Morgan fingerprint density at radius 1 is 1.00 bits per heavy atom. The molecule has 5 heteroatoms. The smallest absolute Gasteiger partial charge is 0.203 e. The van der Waals surface area contributed by atoms with Crippen LogP contribution >= 0.6 is 0 Å². The van der Waals surface area contributed by atoms with Gasteiger partial charge in [-0.05, 0) is 32.4 Å². The number of ether oxygens (including phenoxy) is 3. The molecule has 0 amide bonds. The summed E-state index contributed by atoms with van der Waals surface area (Å²) in [6.45, 7) is 2.16. The van der Waals surface area contributed by atoms with Crippen molar-refractivity contribution < 1.29 is 14.2 Å². The third-order valence-electron chi connectivity index (χ3n) is 3.61. The van der Waals surface area contributed by atoms with E-state index in [1.807, 2.05) is 12.1 Å². The van der Waals surface area contributed by atoms with Crippen LogP contribution in [0.3, 0.4) is 0 Å². The normalized spacial score (nSPS) is 19.1. The maximum atomic E-state index is 5.38. The van der Waals surface area contributed by atoms with Crippen molar-refractivity contribution in [3.05, 3.63) is 12.1 Å². The number of nitrogens with one attached hydrogen (secondary N) is 2. The first-order chi connectivity index (χ1) is 9.78. The van der Waals surface area contributed by atoms with Crippen LogP contribution in [0.4, 0.5) is 5.69 Å². The molecule has 0 aromatic heterocycles. The lowest BCUT2D eigenvalue weighted by Gasteiger charge is -2.20. The van der Waals surface area contributed by atoms with Gasteiger partial charge in [-0.15, -0.1) is 0 Å². The quantitative estimate of drug-likeness (QED) is 0.866. The van der Waals surface area contributed by atoms with Crippen molar-refractivity contribution in [1.29, 1.82) is 0 Å². The molecular weight excluding hydrogens is 256 g/mol. The predicted octanol–water partition coefficient (Wildman–Crippen LogP) is 2.27. The lowest BCUT2D eigenvalue weighted by atomic mass is 10.1. The van der Waals surface area contributed by atoms with E-state index in [1.165, 1.54) is 12.8 Å². The summed E-state index contributed by atoms with van der Waals surface area (Å²) in [7, 11) is 4.89. The largest absolute Gasteiger partial charge is 0.493 e. The molecule has 2 rings (SSSR count). The molecule has 2 N–H and O–H groups in total. The molecule has 1 aliphatic rings. The Kier molecular flexibility index (Phi) is 5.35. The standard InChI is InChI=1S/C15H24N2O3/c1-18-13-9-12(10-14(19-2)15(13)20-3)17-11-5-4-7-16-8-6-11/h9-11,16-17H,4-8H2,1-3H3. The molecule has 1 aliphatic heterocycles. The van der Waals surface area contributed by atoms with Gasteiger partial charge in [0.1, 0.15) is 0 Å². The highest BCUT2D eigenvalue weighted by molar-refractivity contribution is 5.62. The summed E-state index contributed by atoms with van der Waals surface area (Å²) in [6, 6.07) is 4.40. The Labute approximate surface area is 120 Å². The van der Waals surface area contributed by atoms with Crippen LogP contribution in [0.1, 0.15) is 19.3 Å². The molecule has 112 valence electrons. The molecule has 0 saturated carbocycles. The van der Waals surface area contributed by atoms with Gasteiger partial charge in [-0.25, -0.2) is 0 Å². The first kappa shape index (κ1) is 14.8. The van der Waals surface area contributed by atoms with Gasteiger partial charge in [0.25, 0.3) is 0 Å². The molecule has 0 aliphatic carbocycles. The van der Waals surface area contributed by atoms with Crippen LogP contribution in [0.2, 0.25) is 0 Å². The fourth-order valence-electron chi connectivity index (χ4n) is 2.56.